The predicted molar refractivity (Wildman–Crippen MR) is 108 cm³/mol. The molecule has 24 heavy (non-hydrogen) atoms. The van der Waals surface area contributed by atoms with Gasteiger partial charge in [0.25, 0.3) is 0 Å². The second kappa shape index (κ2) is 7.88. The largest absolute Gasteiger partial charge is 0.372 e. The standard InChI is InChI=1S/C23H33N/c1-7-24(8-2)22-15-13-21(14-16-22)20-11-9-19(10-12-20)18(3)17-23(4,5)6/h9-16,18H,7-8,17H2,1-6H3. The fourth-order valence-corrected chi connectivity index (χ4v) is 3.49. The third-order valence-electron chi connectivity index (χ3n) is 4.73. The molecule has 0 radical (unpaired) electrons. The molecule has 0 amide bonds. The van der Waals surface area contributed by atoms with Crippen LogP contribution < -0.4 is 4.90 Å². The Hall–Kier alpha value is -1.76. The van der Waals surface area contributed by atoms with Crippen LogP contribution >= 0.6 is 0 Å². The lowest BCUT2D eigenvalue weighted by Crippen LogP contribution is -2.21. The summed E-state index contributed by atoms with van der Waals surface area (Å²) in [6, 6.07) is 18.1. The van der Waals surface area contributed by atoms with Gasteiger partial charge in [-0.1, -0.05) is 64.1 Å². The van der Waals surface area contributed by atoms with Crippen LogP contribution in [0.4, 0.5) is 5.69 Å². The van der Waals surface area contributed by atoms with E-state index in [0.717, 1.165) is 13.1 Å². The SMILES string of the molecule is CCN(CC)c1ccc(-c2ccc(C(C)CC(C)(C)C)cc2)cc1. The number of hydrogen-bond acceptors (Lipinski definition) is 1. The van der Waals surface area contributed by atoms with Gasteiger partial charge in [-0.3, -0.25) is 0 Å². The van der Waals surface area contributed by atoms with E-state index in [9.17, 15) is 0 Å². The lowest BCUT2D eigenvalue weighted by molar-refractivity contribution is 0.349. The van der Waals surface area contributed by atoms with Crippen molar-refractivity contribution in [1.82, 2.24) is 0 Å². The molecule has 0 bridgehead atoms. The minimum atomic E-state index is 0.373. The van der Waals surface area contributed by atoms with Crippen molar-refractivity contribution in [2.45, 2.75) is 53.9 Å². The van der Waals surface area contributed by atoms with Crippen molar-refractivity contribution >= 4 is 5.69 Å². The van der Waals surface area contributed by atoms with Gasteiger partial charge in [-0.05, 0) is 60.4 Å². The quantitative estimate of drug-likeness (QED) is 0.569. The summed E-state index contributed by atoms with van der Waals surface area (Å²) < 4.78 is 0. The molecule has 1 nitrogen and oxygen atoms in total. The van der Waals surface area contributed by atoms with E-state index < -0.39 is 0 Å². The first-order valence-corrected chi connectivity index (χ1v) is 9.29. The number of hydrogen-bond donors (Lipinski definition) is 0. The van der Waals surface area contributed by atoms with E-state index in [4.69, 9.17) is 0 Å². The number of benzene rings is 2. The van der Waals surface area contributed by atoms with Crippen LogP contribution in [-0.2, 0) is 0 Å². The Kier molecular flexibility index (Phi) is 6.10. The molecule has 0 aliphatic rings. The zero-order valence-corrected chi connectivity index (χ0v) is 16.3. The van der Waals surface area contributed by atoms with Gasteiger partial charge in [-0.25, -0.2) is 0 Å². The second-order valence-corrected chi connectivity index (χ2v) is 8.01. The van der Waals surface area contributed by atoms with E-state index in [0.29, 0.717) is 11.3 Å². The molecule has 1 unspecified atom stereocenters. The first kappa shape index (κ1) is 18.6. The van der Waals surface area contributed by atoms with Crippen molar-refractivity contribution in [3.63, 3.8) is 0 Å². The molecule has 2 rings (SSSR count). The Bertz CT molecular complexity index is 613. The van der Waals surface area contributed by atoms with Crippen molar-refractivity contribution in [2.75, 3.05) is 18.0 Å². The van der Waals surface area contributed by atoms with Crippen molar-refractivity contribution < 1.29 is 0 Å². The predicted octanol–water partition coefficient (Wildman–Crippen LogP) is 6.74. The summed E-state index contributed by atoms with van der Waals surface area (Å²) in [5, 5.41) is 0. The molecule has 0 aliphatic heterocycles. The fraction of sp³-hybridized carbons (Fsp3) is 0.478. The molecular weight excluding hydrogens is 290 g/mol. The van der Waals surface area contributed by atoms with Gasteiger partial charge in [-0.15, -0.1) is 0 Å². The topological polar surface area (TPSA) is 3.24 Å². The van der Waals surface area contributed by atoms with Crippen LogP contribution in [0.2, 0.25) is 0 Å². The number of rotatable bonds is 6. The van der Waals surface area contributed by atoms with Gasteiger partial charge < -0.3 is 4.90 Å². The molecule has 0 aromatic heterocycles. The minimum absolute atomic E-state index is 0.373. The second-order valence-electron chi connectivity index (χ2n) is 8.01. The van der Waals surface area contributed by atoms with Gasteiger partial charge in [0, 0.05) is 18.8 Å². The van der Waals surface area contributed by atoms with Crippen LogP contribution in [0.15, 0.2) is 48.5 Å². The van der Waals surface area contributed by atoms with E-state index in [2.05, 4.69) is 95.0 Å². The van der Waals surface area contributed by atoms with Gasteiger partial charge in [-0.2, -0.15) is 0 Å². The highest BCUT2D eigenvalue weighted by Gasteiger charge is 2.16. The van der Waals surface area contributed by atoms with Gasteiger partial charge in [0.05, 0.1) is 0 Å². The minimum Gasteiger partial charge on any atom is -0.372 e. The third kappa shape index (κ3) is 4.87. The molecule has 0 saturated carbocycles. The van der Waals surface area contributed by atoms with Crippen LogP contribution in [-0.4, -0.2) is 13.1 Å². The maximum Gasteiger partial charge on any atom is 0.0366 e. The van der Waals surface area contributed by atoms with E-state index >= 15 is 0 Å². The third-order valence-corrected chi connectivity index (χ3v) is 4.73. The highest BCUT2D eigenvalue weighted by Crippen LogP contribution is 2.32. The number of anilines is 1. The zero-order valence-electron chi connectivity index (χ0n) is 16.3. The molecule has 0 heterocycles. The van der Waals surface area contributed by atoms with E-state index in [-0.39, 0.29) is 0 Å². The van der Waals surface area contributed by atoms with Gasteiger partial charge >= 0.3 is 0 Å². The maximum absolute atomic E-state index is 2.38. The Morgan fingerprint density at radius 1 is 0.792 bits per heavy atom. The summed E-state index contributed by atoms with van der Waals surface area (Å²) in [6.45, 7) is 15.8. The van der Waals surface area contributed by atoms with Crippen LogP contribution in [0.5, 0.6) is 0 Å². The average molecular weight is 324 g/mol. The molecule has 2 aromatic rings. The Balaban J connectivity index is 2.13. The monoisotopic (exact) mass is 323 g/mol. The molecule has 1 atom stereocenters. The zero-order chi connectivity index (χ0) is 17.7. The average Bonchev–Trinajstić information content (AvgIpc) is 2.55. The normalized spacial score (nSPS) is 12.9. The molecule has 1 heteroatoms. The molecule has 0 aliphatic carbocycles. The first-order valence-electron chi connectivity index (χ1n) is 9.29. The van der Waals surface area contributed by atoms with Gasteiger partial charge in [0.2, 0.25) is 0 Å². The summed E-state index contributed by atoms with van der Waals surface area (Å²) in [5.74, 6) is 0.601. The number of nitrogens with zero attached hydrogens (tertiary/aromatic N) is 1. The summed E-state index contributed by atoms with van der Waals surface area (Å²) in [4.78, 5) is 2.38. The van der Waals surface area contributed by atoms with Crippen LogP contribution in [0.25, 0.3) is 11.1 Å². The molecular formula is C23H33N. The lowest BCUT2D eigenvalue weighted by Gasteiger charge is -2.23. The van der Waals surface area contributed by atoms with E-state index in [1.165, 1.54) is 28.8 Å². The summed E-state index contributed by atoms with van der Waals surface area (Å²) in [7, 11) is 0. The molecule has 0 saturated heterocycles. The Labute approximate surface area is 148 Å². The molecule has 130 valence electrons. The van der Waals surface area contributed by atoms with Crippen LogP contribution in [0, 0.1) is 5.41 Å². The van der Waals surface area contributed by atoms with Gasteiger partial charge in [0.15, 0.2) is 0 Å². The van der Waals surface area contributed by atoms with Crippen LogP contribution in [0.3, 0.4) is 0 Å². The Morgan fingerprint density at radius 3 is 1.67 bits per heavy atom. The van der Waals surface area contributed by atoms with Crippen molar-refractivity contribution in [1.29, 1.82) is 0 Å². The lowest BCUT2D eigenvalue weighted by atomic mass is 9.82. The van der Waals surface area contributed by atoms with E-state index in [1.54, 1.807) is 0 Å². The van der Waals surface area contributed by atoms with Crippen LogP contribution in [0.1, 0.15) is 59.4 Å². The molecule has 0 N–H and O–H groups in total. The van der Waals surface area contributed by atoms with Crippen molar-refractivity contribution in [2.24, 2.45) is 5.41 Å². The smallest absolute Gasteiger partial charge is 0.0366 e. The summed E-state index contributed by atoms with van der Waals surface area (Å²) >= 11 is 0. The summed E-state index contributed by atoms with van der Waals surface area (Å²) in [5.41, 5.74) is 5.71. The molecule has 2 aromatic carbocycles. The highest BCUT2D eigenvalue weighted by atomic mass is 15.1. The van der Waals surface area contributed by atoms with E-state index in [1.807, 2.05) is 0 Å². The Morgan fingerprint density at radius 2 is 1.25 bits per heavy atom. The summed E-state index contributed by atoms with van der Waals surface area (Å²) in [6.07, 6.45) is 1.21. The highest BCUT2D eigenvalue weighted by molar-refractivity contribution is 5.66. The molecule has 0 fully saturated rings. The van der Waals surface area contributed by atoms with Gasteiger partial charge in [0.1, 0.15) is 0 Å². The first-order chi connectivity index (χ1) is 11.3. The molecule has 0 spiro atoms. The van der Waals surface area contributed by atoms with Crippen molar-refractivity contribution in [3.05, 3.63) is 54.1 Å². The fourth-order valence-electron chi connectivity index (χ4n) is 3.49. The van der Waals surface area contributed by atoms with Crippen molar-refractivity contribution in [3.8, 4) is 11.1 Å². The maximum atomic E-state index is 2.38.